The van der Waals surface area contributed by atoms with Crippen LogP contribution in [-0.2, 0) is 9.59 Å². The standard InChI is InChI=1S/C11H20N2O4/c1-12-11(17)8-3-2-4-13(6-8)7-9(14)5-10(15)16/h8-9,14H,2-7H2,1H3,(H,12,17)(H,15,16). The maximum absolute atomic E-state index is 11.5. The van der Waals surface area contributed by atoms with Crippen molar-refractivity contribution in [3.63, 3.8) is 0 Å². The summed E-state index contributed by atoms with van der Waals surface area (Å²) in [4.78, 5) is 23.9. The van der Waals surface area contributed by atoms with Crippen LogP contribution in [0.5, 0.6) is 0 Å². The van der Waals surface area contributed by atoms with Gasteiger partial charge in [0.25, 0.3) is 0 Å². The summed E-state index contributed by atoms with van der Waals surface area (Å²) in [7, 11) is 1.61. The van der Waals surface area contributed by atoms with Gasteiger partial charge in [-0.05, 0) is 19.4 Å². The highest BCUT2D eigenvalue weighted by Gasteiger charge is 2.26. The number of amides is 1. The first-order valence-electron chi connectivity index (χ1n) is 5.86. The lowest BCUT2D eigenvalue weighted by Crippen LogP contribution is -2.45. The Labute approximate surface area is 101 Å². The van der Waals surface area contributed by atoms with Gasteiger partial charge in [-0.3, -0.25) is 14.5 Å². The van der Waals surface area contributed by atoms with Gasteiger partial charge in [0.05, 0.1) is 18.4 Å². The van der Waals surface area contributed by atoms with Crippen molar-refractivity contribution in [3.05, 3.63) is 0 Å². The third-order valence-corrected chi connectivity index (χ3v) is 3.00. The number of aliphatic hydroxyl groups excluding tert-OH is 1. The van der Waals surface area contributed by atoms with Crippen LogP contribution in [-0.4, -0.2) is 59.8 Å². The topological polar surface area (TPSA) is 89.9 Å². The molecule has 0 radical (unpaired) electrons. The second-order valence-electron chi connectivity index (χ2n) is 4.46. The van der Waals surface area contributed by atoms with E-state index in [-0.39, 0.29) is 18.2 Å². The first kappa shape index (κ1) is 13.9. The molecule has 0 aromatic heterocycles. The zero-order valence-electron chi connectivity index (χ0n) is 10.1. The normalized spacial score (nSPS) is 23.1. The zero-order chi connectivity index (χ0) is 12.8. The molecule has 0 spiro atoms. The first-order chi connectivity index (χ1) is 8.02. The number of aliphatic carboxylic acids is 1. The van der Waals surface area contributed by atoms with E-state index in [2.05, 4.69) is 5.32 Å². The molecular weight excluding hydrogens is 224 g/mol. The summed E-state index contributed by atoms with van der Waals surface area (Å²) in [5.41, 5.74) is 0. The third-order valence-electron chi connectivity index (χ3n) is 3.00. The molecule has 1 aliphatic rings. The molecule has 0 aliphatic carbocycles. The number of β-amino-alcohol motifs (C(OH)–C–C–N with tert-alkyl or cyclic N) is 1. The van der Waals surface area contributed by atoms with Crippen LogP contribution >= 0.6 is 0 Å². The van der Waals surface area contributed by atoms with Crippen molar-refractivity contribution >= 4 is 11.9 Å². The lowest BCUT2D eigenvalue weighted by atomic mass is 9.97. The monoisotopic (exact) mass is 244 g/mol. The molecule has 0 aromatic carbocycles. The van der Waals surface area contributed by atoms with Crippen LogP contribution in [0.4, 0.5) is 0 Å². The number of piperidine rings is 1. The first-order valence-corrected chi connectivity index (χ1v) is 5.86. The molecular formula is C11H20N2O4. The van der Waals surface area contributed by atoms with Crippen molar-refractivity contribution in [1.82, 2.24) is 10.2 Å². The number of rotatable bonds is 5. The summed E-state index contributed by atoms with van der Waals surface area (Å²) in [5, 5.41) is 20.7. The number of carboxylic acids is 1. The molecule has 1 saturated heterocycles. The molecule has 1 fully saturated rings. The number of aliphatic hydroxyl groups is 1. The second-order valence-corrected chi connectivity index (χ2v) is 4.46. The number of carbonyl (C=O) groups excluding carboxylic acids is 1. The molecule has 0 saturated carbocycles. The van der Waals surface area contributed by atoms with E-state index in [1.54, 1.807) is 7.05 Å². The summed E-state index contributed by atoms with van der Waals surface area (Å²) >= 11 is 0. The van der Waals surface area contributed by atoms with Crippen molar-refractivity contribution < 1.29 is 19.8 Å². The predicted octanol–water partition coefficient (Wildman–Crippen LogP) is -0.720. The van der Waals surface area contributed by atoms with Gasteiger partial charge in [0, 0.05) is 20.1 Å². The fourth-order valence-corrected chi connectivity index (χ4v) is 2.20. The molecule has 98 valence electrons. The maximum atomic E-state index is 11.5. The summed E-state index contributed by atoms with van der Waals surface area (Å²) < 4.78 is 0. The average Bonchev–Trinajstić information content (AvgIpc) is 2.27. The number of hydrogen-bond donors (Lipinski definition) is 3. The number of carboxylic acid groups (broad SMARTS) is 1. The van der Waals surface area contributed by atoms with Crippen LogP contribution in [0.15, 0.2) is 0 Å². The van der Waals surface area contributed by atoms with Gasteiger partial charge < -0.3 is 15.5 Å². The Morgan fingerprint density at radius 3 is 2.82 bits per heavy atom. The second kappa shape index (κ2) is 6.56. The molecule has 2 atom stereocenters. The Hall–Kier alpha value is -1.14. The molecule has 3 N–H and O–H groups in total. The van der Waals surface area contributed by atoms with E-state index in [1.165, 1.54) is 0 Å². The summed E-state index contributed by atoms with van der Waals surface area (Å²) in [6.45, 7) is 1.72. The van der Waals surface area contributed by atoms with Gasteiger partial charge in [-0.25, -0.2) is 0 Å². The quantitative estimate of drug-likeness (QED) is 0.594. The molecule has 1 aliphatic heterocycles. The van der Waals surface area contributed by atoms with Gasteiger partial charge in [0.15, 0.2) is 0 Å². The van der Waals surface area contributed by atoms with Crippen LogP contribution in [0.3, 0.4) is 0 Å². The van der Waals surface area contributed by atoms with Gasteiger partial charge in [-0.2, -0.15) is 0 Å². The van der Waals surface area contributed by atoms with Crippen LogP contribution in [0, 0.1) is 5.92 Å². The SMILES string of the molecule is CNC(=O)C1CCCN(CC(O)CC(=O)O)C1. The number of hydrogen-bond acceptors (Lipinski definition) is 4. The zero-order valence-corrected chi connectivity index (χ0v) is 10.1. The van der Waals surface area contributed by atoms with Crippen molar-refractivity contribution in [2.24, 2.45) is 5.92 Å². The van der Waals surface area contributed by atoms with E-state index in [9.17, 15) is 14.7 Å². The molecule has 1 amide bonds. The molecule has 1 rings (SSSR count). The van der Waals surface area contributed by atoms with Gasteiger partial charge in [-0.1, -0.05) is 0 Å². The van der Waals surface area contributed by atoms with E-state index in [0.29, 0.717) is 13.1 Å². The highest BCUT2D eigenvalue weighted by atomic mass is 16.4. The lowest BCUT2D eigenvalue weighted by Gasteiger charge is -2.32. The van der Waals surface area contributed by atoms with Crippen molar-refractivity contribution in [2.45, 2.75) is 25.4 Å². The number of nitrogens with zero attached hydrogens (tertiary/aromatic N) is 1. The number of carbonyl (C=O) groups is 2. The lowest BCUT2D eigenvalue weighted by molar-refractivity contribution is -0.139. The number of nitrogens with one attached hydrogen (secondary N) is 1. The van der Waals surface area contributed by atoms with E-state index < -0.39 is 12.1 Å². The van der Waals surface area contributed by atoms with Crippen LogP contribution in [0.2, 0.25) is 0 Å². The van der Waals surface area contributed by atoms with Crippen LogP contribution < -0.4 is 5.32 Å². The third kappa shape index (κ3) is 4.70. The van der Waals surface area contributed by atoms with Gasteiger partial charge in [0.1, 0.15) is 0 Å². The Morgan fingerprint density at radius 2 is 2.24 bits per heavy atom. The fraction of sp³-hybridized carbons (Fsp3) is 0.818. The number of likely N-dealkylation sites (tertiary alicyclic amines) is 1. The van der Waals surface area contributed by atoms with Crippen LogP contribution in [0.25, 0.3) is 0 Å². The van der Waals surface area contributed by atoms with Crippen molar-refractivity contribution in [2.75, 3.05) is 26.7 Å². The Balaban J connectivity index is 2.39. The molecule has 6 heteroatoms. The van der Waals surface area contributed by atoms with E-state index in [0.717, 1.165) is 19.4 Å². The molecule has 0 bridgehead atoms. The molecule has 0 aromatic rings. The summed E-state index contributed by atoms with van der Waals surface area (Å²) in [6, 6.07) is 0. The minimum Gasteiger partial charge on any atom is -0.481 e. The molecule has 6 nitrogen and oxygen atoms in total. The fourth-order valence-electron chi connectivity index (χ4n) is 2.20. The van der Waals surface area contributed by atoms with Gasteiger partial charge >= 0.3 is 5.97 Å². The molecule has 2 unspecified atom stereocenters. The summed E-state index contributed by atoms with van der Waals surface area (Å²) in [6.07, 6.45) is 0.639. The Bertz CT molecular complexity index is 283. The highest BCUT2D eigenvalue weighted by Crippen LogP contribution is 2.17. The van der Waals surface area contributed by atoms with Crippen molar-refractivity contribution in [3.8, 4) is 0 Å². The van der Waals surface area contributed by atoms with Crippen LogP contribution in [0.1, 0.15) is 19.3 Å². The van der Waals surface area contributed by atoms with E-state index >= 15 is 0 Å². The minimum absolute atomic E-state index is 0.0161. The average molecular weight is 244 g/mol. The smallest absolute Gasteiger partial charge is 0.306 e. The van der Waals surface area contributed by atoms with Gasteiger partial charge in [0.2, 0.25) is 5.91 Å². The Kier molecular flexibility index (Phi) is 5.37. The van der Waals surface area contributed by atoms with E-state index in [4.69, 9.17) is 5.11 Å². The Morgan fingerprint density at radius 1 is 1.53 bits per heavy atom. The minimum atomic E-state index is -1.00. The van der Waals surface area contributed by atoms with Gasteiger partial charge in [-0.15, -0.1) is 0 Å². The van der Waals surface area contributed by atoms with Crippen molar-refractivity contribution in [1.29, 1.82) is 0 Å². The highest BCUT2D eigenvalue weighted by molar-refractivity contribution is 5.78. The maximum Gasteiger partial charge on any atom is 0.306 e. The predicted molar refractivity (Wildman–Crippen MR) is 61.5 cm³/mol. The van der Waals surface area contributed by atoms with E-state index in [1.807, 2.05) is 4.90 Å². The molecule has 1 heterocycles. The largest absolute Gasteiger partial charge is 0.481 e. The molecule has 17 heavy (non-hydrogen) atoms. The summed E-state index contributed by atoms with van der Waals surface area (Å²) in [5.74, 6) is -1.04.